The number of aromatic nitrogens is 2. The van der Waals surface area contributed by atoms with Crippen LogP contribution in [-0.2, 0) is 11.2 Å². The van der Waals surface area contributed by atoms with Crippen molar-refractivity contribution >= 4 is 23.2 Å². The molecule has 1 saturated heterocycles. The van der Waals surface area contributed by atoms with E-state index in [1.165, 1.54) is 6.42 Å². The lowest BCUT2D eigenvalue weighted by atomic mass is 9.85. The van der Waals surface area contributed by atoms with Crippen molar-refractivity contribution in [2.24, 2.45) is 5.92 Å². The Bertz CT molecular complexity index is 819. The van der Waals surface area contributed by atoms with E-state index in [4.69, 9.17) is 4.98 Å². The Balaban J connectivity index is 1.30. The normalized spacial score (nSPS) is 19.9. The van der Waals surface area contributed by atoms with E-state index in [2.05, 4.69) is 15.7 Å². The summed E-state index contributed by atoms with van der Waals surface area (Å²) in [6, 6.07) is 3.61. The van der Waals surface area contributed by atoms with Gasteiger partial charge < -0.3 is 10.2 Å². The SMILES string of the molecule is O=C(NCCc1csc([C@H]2CCCN(C(=O)c3cccnc3)C2)n1)C1CCC1. The molecule has 148 valence electrons. The zero-order chi connectivity index (χ0) is 19.3. The zero-order valence-electron chi connectivity index (χ0n) is 16.0. The number of nitrogens with one attached hydrogen (secondary N) is 1. The quantitative estimate of drug-likeness (QED) is 0.812. The fourth-order valence-corrected chi connectivity index (χ4v) is 4.77. The van der Waals surface area contributed by atoms with Gasteiger partial charge in [0.05, 0.1) is 16.3 Å². The Kier molecular flexibility index (Phi) is 6.00. The molecule has 7 heteroatoms. The molecule has 28 heavy (non-hydrogen) atoms. The van der Waals surface area contributed by atoms with Gasteiger partial charge in [0, 0.05) is 55.7 Å². The lowest BCUT2D eigenvalue weighted by Gasteiger charge is -2.31. The van der Waals surface area contributed by atoms with Crippen LogP contribution in [0.25, 0.3) is 0 Å². The second-order valence-corrected chi connectivity index (χ2v) is 8.57. The van der Waals surface area contributed by atoms with Gasteiger partial charge in [0.25, 0.3) is 5.91 Å². The lowest BCUT2D eigenvalue weighted by molar-refractivity contribution is -0.127. The fraction of sp³-hybridized carbons (Fsp3) is 0.524. The van der Waals surface area contributed by atoms with Crippen LogP contribution in [0.4, 0.5) is 0 Å². The minimum atomic E-state index is 0.0493. The van der Waals surface area contributed by atoms with Gasteiger partial charge in [0.2, 0.25) is 5.91 Å². The van der Waals surface area contributed by atoms with Crippen molar-refractivity contribution in [2.75, 3.05) is 19.6 Å². The van der Waals surface area contributed by atoms with Crippen molar-refractivity contribution in [3.8, 4) is 0 Å². The van der Waals surface area contributed by atoms with Crippen LogP contribution in [-0.4, -0.2) is 46.3 Å². The molecule has 0 unspecified atom stereocenters. The van der Waals surface area contributed by atoms with E-state index in [1.807, 2.05) is 11.0 Å². The van der Waals surface area contributed by atoms with Crippen molar-refractivity contribution in [3.63, 3.8) is 0 Å². The van der Waals surface area contributed by atoms with Gasteiger partial charge in [-0.1, -0.05) is 6.42 Å². The number of pyridine rings is 1. The largest absolute Gasteiger partial charge is 0.355 e. The summed E-state index contributed by atoms with van der Waals surface area (Å²) in [5.74, 6) is 0.765. The highest BCUT2D eigenvalue weighted by molar-refractivity contribution is 7.09. The van der Waals surface area contributed by atoms with E-state index in [0.717, 1.165) is 49.4 Å². The van der Waals surface area contributed by atoms with Crippen LogP contribution in [0.1, 0.15) is 59.1 Å². The fourth-order valence-electron chi connectivity index (χ4n) is 3.79. The van der Waals surface area contributed by atoms with Crippen molar-refractivity contribution < 1.29 is 9.59 Å². The second-order valence-electron chi connectivity index (χ2n) is 7.68. The number of likely N-dealkylation sites (tertiary alicyclic amines) is 1. The number of carbonyl (C=O) groups is 2. The highest BCUT2D eigenvalue weighted by atomic mass is 32.1. The van der Waals surface area contributed by atoms with Gasteiger partial charge in [-0.25, -0.2) is 4.98 Å². The van der Waals surface area contributed by atoms with E-state index in [9.17, 15) is 9.59 Å². The van der Waals surface area contributed by atoms with Gasteiger partial charge in [0.1, 0.15) is 0 Å². The van der Waals surface area contributed by atoms with E-state index < -0.39 is 0 Å². The number of carbonyl (C=O) groups excluding carboxylic acids is 2. The third kappa shape index (κ3) is 4.41. The molecule has 2 fully saturated rings. The third-order valence-electron chi connectivity index (χ3n) is 5.69. The predicted molar refractivity (Wildman–Crippen MR) is 108 cm³/mol. The first-order valence-electron chi connectivity index (χ1n) is 10.1. The topological polar surface area (TPSA) is 75.2 Å². The minimum absolute atomic E-state index is 0.0493. The number of nitrogens with zero attached hydrogens (tertiary/aromatic N) is 3. The summed E-state index contributed by atoms with van der Waals surface area (Å²) in [5.41, 5.74) is 1.68. The van der Waals surface area contributed by atoms with Crippen LogP contribution in [0.3, 0.4) is 0 Å². The molecular weight excluding hydrogens is 372 g/mol. The molecule has 1 aliphatic carbocycles. The number of hydrogen-bond acceptors (Lipinski definition) is 5. The standard InChI is InChI=1S/C21H26N4O2S/c26-19(15-4-1-5-15)23-10-8-18-14-28-20(24-18)17-7-3-11-25(13-17)21(27)16-6-2-9-22-12-16/h2,6,9,12,14-15,17H,1,3-5,7-8,10-11,13H2,(H,23,26)/t17-/m0/s1. The molecule has 0 radical (unpaired) electrons. The Hall–Kier alpha value is -2.28. The second kappa shape index (κ2) is 8.82. The summed E-state index contributed by atoms with van der Waals surface area (Å²) in [4.78, 5) is 35.4. The maximum atomic E-state index is 12.7. The average Bonchev–Trinajstić information content (AvgIpc) is 3.16. The first-order valence-corrected chi connectivity index (χ1v) is 11.0. The Labute approximate surface area is 169 Å². The molecule has 1 aliphatic heterocycles. The Morgan fingerprint density at radius 2 is 2.14 bits per heavy atom. The van der Waals surface area contributed by atoms with Crippen molar-refractivity contribution in [1.82, 2.24) is 20.2 Å². The van der Waals surface area contributed by atoms with Crippen LogP contribution >= 0.6 is 11.3 Å². The number of piperidine rings is 1. The van der Waals surface area contributed by atoms with Crippen LogP contribution in [0.5, 0.6) is 0 Å². The molecule has 4 rings (SSSR count). The predicted octanol–water partition coefficient (Wildman–Crippen LogP) is 3.02. The van der Waals surface area contributed by atoms with Crippen molar-refractivity contribution in [1.29, 1.82) is 0 Å². The molecule has 6 nitrogen and oxygen atoms in total. The smallest absolute Gasteiger partial charge is 0.255 e. The van der Waals surface area contributed by atoms with Gasteiger partial charge in [0.15, 0.2) is 0 Å². The molecule has 0 spiro atoms. The molecule has 1 atom stereocenters. The molecular formula is C21H26N4O2S. The molecule has 3 heterocycles. The molecule has 2 aliphatic rings. The first kappa shape index (κ1) is 19.1. The number of thiazole rings is 1. The van der Waals surface area contributed by atoms with Gasteiger partial charge in [-0.05, 0) is 37.8 Å². The molecule has 0 bridgehead atoms. The summed E-state index contributed by atoms with van der Waals surface area (Å²) >= 11 is 1.67. The van der Waals surface area contributed by atoms with Crippen LogP contribution in [0.15, 0.2) is 29.9 Å². The summed E-state index contributed by atoms with van der Waals surface area (Å²) in [6.07, 6.45) is 9.36. The maximum absolute atomic E-state index is 12.7. The van der Waals surface area contributed by atoms with E-state index in [0.29, 0.717) is 18.7 Å². The summed E-state index contributed by atoms with van der Waals surface area (Å²) in [6.45, 7) is 2.14. The van der Waals surface area contributed by atoms with Crippen LogP contribution < -0.4 is 5.32 Å². The molecule has 1 saturated carbocycles. The van der Waals surface area contributed by atoms with E-state index >= 15 is 0 Å². The Morgan fingerprint density at radius 3 is 2.89 bits per heavy atom. The van der Waals surface area contributed by atoms with Crippen molar-refractivity contribution in [2.45, 2.75) is 44.4 Å². The van der Waals surface area contributed by atoms with Crippen molar-refractivity contribution in [3.05, 3.63) is 46.2 Å². The first-order chi connectivity index (χ1) is 13.7. The number of amides is 2. The van der Waals surface area contributed by atoms with Gasteiger partial charge >= 0.3 is 0 Å². The summed E-state index contributed by atoms with van der Waals surface area (Å²) < 4.78 is 0. The average molecular weight is 399 g/mol. The zero-order valence-corrected chi connectivity index (χ0v) is 16.8. The Morgan fingerprint density at radius 1 is 1.25 bits per heavy atom. The van der Waals surface area contributed by atoms with E-state index in [1.54, 1.807) is 29.8 Å². The highest BCUT2D eigenvalue weighted by Crippen LogP contribution is 2.30. The molecule has 0 aromatic carbocycles. The number of rotatable bonds is 6. The molecule has 2 aromatic heterocycles. The van der Waals surface area contributed by atoms with Gasteiger partial charge in [-0.2, -0.15) is 0 Å². The van der Waals surface area contributed by atoms with E-state index in [-0.39, 0.29) is 23.7 Å². The highest BCUT2D eigenvalue weighted by Gasteiger charge is 2.28. The number of hydrogen-bond donors (Lipinski definition) is 1. The van der Waals surface area contributed by atoms with Crippen LogP contribution in [0.2, 0.25) is 0 Å². The molecule has 1 N–H and O–H groups in total. The minimum Gasteiger partial charge on any atom is -0.355 e. The van der Waals surface area contributed by atoms with Gasteiger partial charge in [-0.15, -0.1) is 11.3 Å². The lowest BCUT2D eigenvalue weighted by Crippen LogP contribution is -2.39. The van der Waals surface area contributed by atoms with Crippen LogP contribution in [0, 0.1) is 5.92 Å². The monoisotopic (exact) mass is 398 g/mol. The summed E-state index contributed by atoms with van der Waals surface area (Å²) in [5, 5.41) is 6.22. The van der Waals surface area contributed by atoms with Gasteiger partial charge in [-0.3, -0.25) is 14.6 Å². The molecule has 2 amide bonds. The summed E-state index contributed by atoms with van der Waals surface area (Å²) in [7, 11) is 0. The molecule has 2 aromatic rings. The third-order valence-corrected chi connectivity index (χ3v) is 6.75. The maximum Gasteiger partial charge on any atom is 0.255 e.